The van der Waals surface area contributed by atoms with Gasteiger partial charge in [-0.1, -0.05) is 23.8 Å². The molecule has 1 nitrogen and oxygen atoms in total. The molecule has 0 aliphatic carbocycles. The Morgan fingerprint density at radius 1 is 1.86 bits per heavy atom. The predicted octanol–water partition coefficient (Wildman–Crippen LogP) is 2.11. The highest BCUT2D eigenvalue weighted by molar-refractivity contribution is 7.71. The van der Waals surface area contributed by atoms with Crippen molar-refractivity contribution in [2.45, 2.75) is 6.92 Å². The second kappa shape index (κ2) is 1.76. The van der Waals surface area contributed by atoms with Crippen LogP contribution in [0, 0.1) is 11.6 Å². The van der Waals surface area contributed by atoms with Crippen molar-refractivity contribution < 1.29 is 0 Å². The number of hydrogen-bond donors (Lipinski definition) is 1. The van der Waals surface area contributed by atoms with Crippen molar-refractivity contribution in [1.29, 1.82) is 0 Å². The van der Waals surface area contributed by atoms with Crippen LogP contribution in [0.3, 0.4) is 0 Å². The predicted molar refractivity (Wildman–Crippen MR) is 34.2 cm³/mol. The average molecular weight is 131 g/mol. The van der Waals surface area contributed by atoms with Gasteiger partial charge in [0, 0.05) is 4.88 Å². The van der Waals surface area contributed by atoms with Gasteiger partial charge in [-0.05, 0) is 13.0 Å². The van der Waals surface area contributed by atoms with Gasteiger partial charge >= 0.3 is 0 Å². The van der Waals surface area contributed by atoms with Crippen molar-refractivity contribution in [3.8, 4) is 0 Å². The Balaban J connectivity index is 3.30. The van der Waals surface area contributed by atoms with Gasteiger partial charge < -0.3 is 4.37 Å². The molecule has 0 atom stereocenters. The Morgan fingerprint density at radius 2 is 2.57 bits per heavy atom. The molecule has 0 saturated heterocycles. The quantitative estimate of drug-likeness (QED) is 0.533. The zero-order chi connectivity index (χ0) is 5.28. The summed E-state index contributed by atoms with van der Waals surface area (Å²) in [5.74, 6) is 0. The lowest BCUT2D eigenvalue weighted by Gasteiger charge is -1.64. The van der Waals surface area contributed by atoms with E-state index in [1.807, 2.05) is 13.0 Å². The summed E-state index contributed by atoms with van der Waals surface area (Å²) < 4.78 is 3.76. The third-order valence-corrected chi connectivity index (χ3v) is 1.76. The first kappa shape index (κ1) is 5.00. The number of nitrogens with one attached hydrogen (secondary N) is 1. The Bertz CT molecular complexity index is 197. The second-order valence-corrected chi connectivity index (χ2v) is 2.82. The summed E-state index contributed by atoms with van der Waals surface area (Å²) in [6.45, 7) is 2.02. The maximum atomic E-state index is 4.79. The molecule has 0 saturated carbocycles. The highest BCUT2D eigenvalue weighted by atomic mass is 32.1. The SMILES string of the molecule is Cc1cc(=S)[nH]s1. The number of rotatable bonds is 0. The number of aromatic nitrogens is 1. The van der Waals surface area contributed by atoms with Gasteiger partial charge in [0.15, 0.2) is 0 Å². The lowest BCUT2D eigenvalue weighted by Crippen LogP contribution is -1.46. The lowest BCUT2D eigenvalue weighted by atomic mass is 10.6. The van der Waals surface area contributed by atoms with Crippen molar-refractivity contribution in [3.63, 3.8) is 0 Å². The molecule has 1 N–H and O–H groups in total. The van der Waals surface area contributed by atoms with Crippen LogP contribution in [0.15, 0.2) is 6.07 Å². The molecule has 1 aromatic heterocycles. The molecule has 38 valence electrons. The van der Waals surface area contributed by atoms with Gasteiger partial charge in [-0.15, -0.1) is 0 Å². The molecule has 0 spiro atoms. The van der Waals surface area contributed by atoms with E-state index in [0.717, 1.165) is 4.64 Å². The fourth-order valence-corrected chi connectivity index (χ4v) is 1.25. The van der Waals surface area contributed by atoms with E-state index in [1.54, 1.807) is 11.5 Å². The van der Waals surface area contributed by atoms with E-state index in [-0.39, 0.29) is 0 Å². The summed E-state index contributed by atoms with van der Waals surface area (Å²) in [5, 5.41) is 0. The molecule has 0 amide bonds. The monoisotopic (exact) mass is 131 g/mol. The second-order valence-electron chi connectivity index (χ2n) is 1.32. The van der Waals surface area contributed by atoms with E-state index in [2.05, 4.69) is 4.37 Å². The molecular weight excluding hydrogens is 126 g/mol. The van der Waals surface area contributed by atoms with Crippen molar-refractivity contribution in [1.82, 2.24) is 4.37 Å². The van der Waals surface area contributed by atoms with Crippen LogP contribution in [0.4, 0.5) is 0 Å². The highest BCUT2D eigenvalue weighted by Crippen LogP contribution is 2.01. The van der Waals surface area contributed by atoms with E-state index in [1.165, 1.54) is 4.88 Å². The lowest BCUT2D eigenvalue weighted by molar-refractivity contribution is 1.52. The Morgan fingerprint density at radius 3 is 2.71 bits per heavy atom. The molecule has 7 heavy (non-hydrogen) atoms. The van der Waals surface area contributed by atoms with Crippen LogP contribution in [0.2, 0.25) is 0 Å². The van der Waals surface area contributed by atoms with Gasteiger partial charge in [0.25, 0.3) is 0 Å². The molecule has 1 aromatic rings. The minimum atomic E-state index is 0.836. The number of hydrogen-bond acceptors (Lipinski definition) is 2. The Labute approximate surface area is 51.2 Å². The summed E-state index contributed by atoms with van der Waals surface area (Å²) in [5.41, 5.74) is 0. The fraction of sp³-hybridized carbons (Fsp3) is 0.250. The van der Waals surface area contributed by atoms with Crippen LogP contribution in [0.1, 0.15) is 4.88 Å². The molecule has 0 aliphatic rings. The van der Waals surface area contributed by atoms with Crippen LogP contribution in [0.5, 0.6) is 0 Å². The molecule has 3 heteroatoms. The molecular formula is C4H5NS2. The van der Waals surface area contributed by atoms with E-state index < -0.39 is 0 Å². The molecule has 0 bridgehead atoms. The molecule has 1 rings (SSSR count). The smallest absolute Gasteiger partial charge is 0.113 e. The number of aryl methyl sites for hydroxylation is 1. The van der Waals surface area contributed by atoms with Crippen molar-refractivity contribution in [2.75, 3.05) is 0 Å². The van der Waals surface area contributed by atoms with E-state index in [9.17, 15) is 0 Å². The van der Waals surface area contributed by atoms with Crippen LogP contribution in [0.25, 0.3) is 0 Å². The topological polar surface area (TPSA) is 15.8 Å². The van der Waals surface area contributed by atoms with Crippen molar-refractivity contribution in [2.24, 2.45) is 0 Å². The van der Waals surface area contributed by atoms with E-state index in [0.29, 0.717) is 0 Å². The van der Waals surface area contributed by atoms with Gasteiger partial charge in [0.05, 0.1) is 0 Å². The zero-order valence-electron chi connectivity index (χ0n) is 3.89. The maximum absolute atomic E-state index is 4.79. The normalized spacial score (nSPS) is 9.29. The first-order valence-electron chi connectivity index (χ1n) is 1.94. The maximum Gasteiger partial charge on any atom is 0.113 e. The van der Waals surface area contributed by atoms with Crippen LogP contribution < -0.4 is 0 Å². The first-order chi connectivity index (χ1) is 3.29. The number of aromatic amines is 1. The summed E-state index contributed by atoms with van der Waals surface area (Å²) in [4.78, 5) is 1.24. The summed E-state index contributed by atoms with van der Waals surface area (Å²) in [6.07, 6.45) is 0. The van der Waals surface area contributed by atoms with E-state index >= 15 is 0 Å². The van der Waals surface area contributed by atoms with Crippen LogP contribution in [-0.4, -0.2) is 4.37 Å². The average Bonchev–Trinajstić information content (AvgIpc) is 1.87. The largest absolute Gasteiger partial charge is 0.302 e. The van der Waals surface area contributed by atoms with Crippen molar-refractivity contribution >= 4 is 23.8 Å². The van der Waals surface area contributed by atoms with Crippen LogP contribution in [-0.2, 0) is 0 Å². The van der Waals surface area contributed by atoms with Crippen LogP contribution >= 0.6 is 23.8 Å². The van der Waals surface area contributed by atoms with Gasteiger partial charge in [-0.2, -0.15) is 0 Å². The molecule has 0 aliphatic heterocycles. The first-order valence-corrected chi connectivity index (χ1v) is 3.16. The fourth-order valence-electron chi connectivity index (χ4n) is 0.374. The van der Waals surface area contributed by atoms with Gasteiger partial charge in [0.1, 0.15) is 4.64 Å². The molecule has 1 heterocycles. The van der Waals surface area contributed by atoms with Gasteiger partial charge in [0.2, 0.25) is 0 Å². The Kier molecular flexibility index (Phi) is 1.25. The minimum absolute atomic E-state index is 0.836. The highest BCUT2D eigenvalue weighted by Gasteiger charge is 1.80. The van der Waals surface area contributed by atoms with Gasteiger partial charge in [-0.25, -0.2) is 0 Å². The molecule has 0 aromatic carbocycles. The third kappa shape index (κ3) is 1.11. The number of H-pyrrole nitrogens is 1. The van der Waals surface area contributed by atoms with Crippen molar-refractivity contribution in [3.05, 3.63) is 15.6 Å². The molecule has 0 fully saturated rings. The summed E-state index contributed by atoms with van der Waals surface area (Å²) >= 11 is 6.36. The third-order valence-electron chi connectivity index (χ3n) is 0.647. The van der Waals surface area contributed by atoms with Gasteiger partial charge in [-0.3, -0.25) is 0 Å². The summed E-state index contributed by atoms with van der Waals surface area (Å²) in [7, 11) is 0. The zero-order valence-corrected chi connectivity index (χ0v) is 5.53. The standard InChI is InChI=1S/C4H5NS2/c1-3-2-4(6)5-7-3/h2H,1H3,(H,5,6). The summed E-state index contributed by atoms with van der Waals surface area (Å²) in [6, 6.07) is 1.94. The molecule has 0 unspecified atom stereocenters. The minimum Gasteiger partial charge on any atom is -0.302 e. The molecule has 0 radical (unpaired) electrons. The Hall–Kier alpha value is -0.150. The van der Waals surface area contributed by atoms with E-state index in [4.69, 9.17) is 12.2 Å².